The number of ether oxygens (including phenoxy) is 1. The molecule has 0 unspecified atom stereocenters. The number of hydrogen-bond acceptors (Lipinski definition) is 4. The number of carbonyl (C=O) groups is 1. The third-order valence-electron chi connectivity index (χ3n) is 5.77. The zero-order valence-electron chi connectivity index (χ0n) is 17.8. The van der Waals surface area contributed by atoms with Gasteiger partial charge in [0.15, 0.2) is 0 Å². The lowest BCUT2D eigenvalue weighted by Crippen LogP contribution is -2.54. The van der Waals surface area contributed by atoms with Crippen LogP contribution in [0.1, 0.15) is 38.3 Å². The van der Waals surface area contributed by atoms with Crippen molar-refractivity contribution in [2.75, 3.05) is 38.2 Å². The molecule has 0 aliphatic carbocycles. The second-order valence-electron chi connectivity index (χ2n) is 7.66. The molecule has 1 aliphatic rings. The van der Waals surface area contributed by atoms with Crippen molar-refractivity contribution in [3.63, 3.8) is 0 Å². The average molecular weight is 396 g/mol. The van der Waals surface area contributed by atoms with Gasteiger partial charge in [0.1, 0.15) is 5.75 Å². The minimum Gasteiger partial charge on any atom is -0.497 e. The molecule has 1 amide bonds. The SMILES string of the molecule is CCC[C@H](NC(=O)[C@H](C)N1CCN(c2ccc(OC)cc2)CC1)c1ccccc1. The average Bonchev–Trinajstić information content (AvgIpc) is 2.79. The zero-order chi connectivity index (χ0) is 20.6. The number of benzene rings is 2. The monoisotopic (exact) mass is 395 g/mol. The predicted molar refractivity (Wildman–Crippen MR) is 118 cm³/mol. The maximum absolute atomic E-state index is 12.9. The van der Waals surface area contributed by atoms with Crippen LogP contribution in [0.5, 0.6) is 5.75 Å². The fraction of sp³-hybridized carbons (Fsp3) is 0.458. The molecule has 2 aromatic carbocycles. The van der Waals surface area contributed by atoms with Crippen LogP contribution in [0.3, 0.4) is 0 Å². The van der Waals surface area contributed by atoms with E-state index in [0.29, 0.717) is 0 Å². The van der Waals surface area contributed by atoms with Crippen LogP contribution in [-0.4, -0.2) is 50.1 Å². The first-order chi connectivity index (χ1) is 14.1. The van der Waals surface area contributed by atoms with Crippen molar-refractivity contribution in [2.24, 2.45) is 0 Å². The third kappa shape index (κ3) is 5.51. The number of amides is 1. The van der Waals surface area contributed by atoms with Gasteiger partial charge in [0, 0.05) is 31.9 Å². The van der Waals surface area contributed by atoms with Crippen molar-refractivity contribution < 1.29 is 9.53 Å². The zero-order valence-corrected chi connectivity index (χ0v) is 17.8. The van der Waals surface area contributed by atoms with Crippen LogP contribution in [0.4, 0.5) is 5.69 Å². The van der Waals surface area contributed by atoms with Crippen molar-refractivity contribution in [3.05, 3.63) is 60.2 Å². The fourth-order valence-corrected chi connectivity index (χ4v) is 3.91. The van der Waals surface area contributed by atoms with Crippen LogP contribution in [0.2, 0.25) is 0 Å². The Morgan fingerprint density at radius 2 is 1.69 bits per heavy atom. The summed E-state index contributed by atoms with van der Waals surface area (Å²) in [5, 5.41) is 3.28. The lowest BCUT2D eigenvalue weighted by Gasteiger charge is -2.39. The standard InChI is InChI=1S/C24H33N3O2/c1-4-8-23(20-9-6-5-7-10-20)25-24(28)19(2)26-15-17-27(18-16-26)21-11-13-22(29-3)14-12-21/h5-7,9-14,19,23H,4,8,15-18H2,1-3H3,(H,25,28)/t19-,23-/m0/s1. The van der Waals surface area contributed by atoms with Crippen molar-refractivity contribution in [1.29, 1.82) is 0 Å². The van der Waals surface area contributed by atoms with Crippen LogP contribution in [0.25, 0.3) is 0 Å². The van der Waals surface area contributed by atoms with Crippen LogP contribution >= 0.6 is 0 Å². The normalized spacial score (nSPS) is 16.9. The molecule has 2 aromatic rings. The van der Waals surface area contributed by atoms with Crippen LogP contribution in [0.15, 0.2) is 54.6 Å². The molecular formula is C24H33N3O2. The number of methoxy groups -OCH3 is 1. The van der Waals surface area contributed by atoms with Gasteiger partial charge in [0.05, 0.1) is 19.2 Å². The molecule has 3 rings (SSSR count). The first-order valence-electron chi connectivity index (χ1n) is 10.6. The molecule has 156 valence electrons. The first-order valence-corrected chi connectivity index (χ1v) is 10.6. The van der Waals surface area contributed by atoms with Crippen LogP contribution < -0.4 is 15.0 Å². The molecular weight excluding hydrogens is 362 g/mol. The minimum atomic E-state index is -0.129. The minimum absolute atomic E-state index is 0.0803. The highest BCUT2D eigenvalue weighted by Gasteiger charge is 2.27. The van der Waals surface area contributed by atoms with E-state index in [2.05, 4.69) is 46.3 Å². The molecule has 5 nitrogen and oxygen atoms in total. The van der Waals surface area contributed by atoms with Gasteiger partial charge in [-0.05, 0) is 43.2 Å². The number of rotatable bonds is 8. The van der Waals surface area contributed by atoms with Gasteiger partial charge in [-0.25, -0.2) is 0 Å². The van der Waals surface area contributed by atoms with E-state index in [-0.39, 0.29) is 18.0 Å². The topological polar surface area (TPSA) is 44.8 Å². The second-order valence-corrected chi connectivity index (χ2v) is 7.66. The number of nitrogens with one attached hydrogen (secondary N) is 1. The maximum atomic E-state index is 12.9. The lowest BCUT2D eigenvalue weighted by molar-refractivity contribution is -0.126. The highest BCUT2D eigenvalue weighted by molar-refractivity contribution is 5.81. The quantitative estimate of drug-likeness (QED) is 0.737. The van der Waals surface area contributed by atoms with E-state index >= 15 is 0 Å². The molecule has 1 N–H and O–H groups in total. The number of piperazine rings is 1. The molecule has 0 aromatic heterocycles. The Labute approximate surface area is 174 Å². The molecule has 2 atom stereocenters. The highest BCUT2D eigenvalue weighted by Crippen LogP contribution is 2.22. The second kappa shape index (κ2) is 10.3. The molecule has 5 heteroatoms. The van der Waals surface area contributed by atoms with E-state index in [4.69, 9.17) is 4.74 Å². The van der Waals surface area contributed by atoms with Gasteiger partial charge in [0.25, 0.3) is 0 Å². The summed E-state index contributed by atoms with van der Waals surface area (Å²) in [6, 6.07) is 18.4. The van der Waals surface area contributed by atoms with Gasteiger partial charge < -0.3 is 15.0 Å². The summed E-state index contributed by atoms with van der Waals surface area (Å²) in [6.07, 6.45) is 1.99. The molecule has 0 radical (unpaired) electrons. The number of anilines is 1. The summed E-state index contributed by atoms with van der Waals surface area (Å²) >= 11 is 0. The summed E-state index contributed by atoms with van der Waals surface area (Å²) in [5.74, 6) is 0.989. The van der Waals surface area contributed by atoms with Gasteiger partial charge in [-0.1, -0.05) is 43.7 Å². The van der Waals surface area contributed by atoms with Gasteiger partial charge in [-0.2, -0.15) is 0 Å². The van der Waals surface area contributed by atoms with E-state index in [1.54, 1.807) is 7.11 Å². The maximum Gasteiger partial charge on any atom is 0.237 e. The predicted octanol–water partition coefficient (Wildman–Crippen LogP) is 3.86. The molecule has 0 spiro atoms. The summed E-state index contributed by atoms with van der Waals surface area (Å²) < 4.78 is 5.24. The molecule has 29 heavy (non-hydrogen) atoms. The Morgan fingerprint density at radius 3 is 2.28 bits per heavy atom. The van der Waals surface area contributed by atoms with Gasteiger partial charge in [-0.3, -0.25) is 9.69 Å². The van der Waals surface area contributed by atoms with Crippen molar-refractivity contribution >= 4 is 11.6 Å². The van der Waals surface area contributed by atoms with Crippen molar-refractivity contribution in [1.82, 2.24) is 10.2 Å². The Balaban J connectivity index is 1.54. The van der Waals surface area contributed by atoms with Gasteiger partial charge >= 0.3 is 0 Å². The number of nitrogens with zero attached hydrogens (tertiary/aromatic N) is 2. The van der Waals surface area contributed by atoms with E-state index < -0.39 is 0 Å². The van der Waals surface area contributed by atoms with Crippen molar-refractivity contribution in [3.8, 4) is 5.75 Å². The Hall–Kier alpha value is -2.53. The summed E-state index contributed by atoms with van der Waals surface area (Å²) in [7, 11) is 1.68. The third-order valence-corrected chi connectivity index (χ3v) is 5.77. The molecule has 1 saturated heterocycles. The smallest absolute Gasteiger partial charge is 0.237 e. The highest BCUT2D eigenvalue weighted by atomic mass is 16.5. The van der Waals surface area contributed by atoms with Gasteiger partial charge in [-0.15, -0.1) is 0 Å². The first kappa shape index (κ1) is 21.2. The largest absolute Gasteiger partial charge is 0.497 e. The number of hydrogen-bond donors (Lipinski definition) is 1. The molecule has 1 aliphatic heterocycles. The lowest BCUT2D eigenvalue weighted by atomic mass is 10.0. The molecule has 0 saturated carbocycles. The Kier molecular flexibility index (Phi) is 7.53. The fourth-order valence-electron chi connectivity index (χ4n) is 3.91. The Bertz CT molecular complexity index is 755. The summed E-state index contributed by atoms with van der Waals surface area (Å²) in [5.41, 5.74) is 2.38. The van der Waals surface area contributed by atoms with E-state index in [1.165, 1.54) is 11.3 Å². The van der Waals surface area contributed by atoms with Crippen LogP contribution in [0, 0.1) is 0 Å². The van der Waals surface area contributed by atoms with E-state index in [9.17, 15) is 4.79 Å². The molecule has 1 fully saturated rings. The van der Waals surface area contributed by atoms with Crippen molar-refractivity contribution in [2.45, 2.75) is 38.8 Å². The molecule has 1 heterocycles. The Morgan fingerprint density at radius 1 is 1.03 bits per heavy atom. The van der Waals surface area contributed by atoms with E-state index in [0.717, 1.165) is 44.8 Å². The number of carbonyl (C=O) groups excluding carboxylic acids is 1. The van der Waals surface area contributed by atoms with E-state index in [1.807, 2.05) is 37.3 Å². The van der Waals surface area contributed by atoms with Gasteiger partial charge in [0.2, 0.25) is 5.91 Å². The summed E-state index contributed by atoms with van der Waals surface area (Å²) in [4.78, 5) is 17.6. The summed E-state index contributed by atoms with van der Waals surface area (Å²) in [6.45, 7) is 7.77. The van der Waals surface area contributed by atoms with Crippen LogP contribution in [-0.2, 0) is 4.79 Å². The molecule has 0 bridgehead atoms.